The fraction of sp³-hybridized carbons (Fsp3) is 0.381. The number of likely N-dealkylation sites (tertiary alicyclic amines) is 1. The molecule has 2 heterocycles. The van der Waals surface area contributed by atoms with Gasteiger partial charge in [0.1, 0.15) is 5.75 Å². The predicted molar refractivity (Wildman–Crippen MR) is 97.4 cm³/mol. The Morgan fingerprint density at radius 3 is 2.88 bits per heavy atom. The molecule has 1 saturated heterocycles. The van der Waals surface area contributed by atoms with Gasteiger partial charge in [0, 0.05) is 19.5 Å². The number of fused-ring (bicyclic) bond motifs is 1. The minimum atomic E-state index is 0.209. The maximum absolute atomic E-state index is 12.5. The molecule has 26 heavy (non-hydrogen) atoms. The van der Waals surface area contributed by atoms with Gasteiger partial charge in [-0.15, -0.1) is 0 Å². The van der Waals surface area contributed by atoms with Crippen LogP contribution in [0.5, 0.6) is 17.2 Å². The van der Waals surface area contributed by atoms with E-state index in [9.17, 15) is 9.90 Å². The van der Waals surface area contributed by atoms with Crippen LogP contribution < -0.4 is 9.47 Å². The number of amides is 1. The molecule has 0 radical (unpaired) electrons. The highest BCUT2D eigenvalue weighted by Gasteiger charge is 2.26. The number of benzene rings is 2. The molecule has 0 saturated carbocycles. The number of ether oxygens (including phenoxy) is 2. The molecule has 136 valence electrons. The molecular weight excluding hydrogens is 330 g/mol. The summed E-state index contributed by atoms with van der Waals surface area (Å²) in [4.78, 5) is 14.5. The van der Waals surface area contributed by atoms with Crippen molar-refractivity contribution in [2.24, 2.45) is 5.92 Å². The van der Waals surface area contributed by atoms with Crippen molar-refractivity contribution in [2.75, 3.05) is 19.9 Å². The van der Waals surface area contributed by atoms with Crippen LogP contribution in [0.4, 0.5) is 0 Å². The third kappa shape index (κ3) is 3.77. The summed E-state index contributed by atoms with van der Waals surface area (Å²) in [6.45, 7) is 1.89. The van der Waals surface area contributed by atoms with Crippen molar-refractivity contribution in [1.82, 2.24) is 4.90 Å². The van der Waals surface area contributed by atoms with Gasteiger partial charge in [0.25, 0.3) is 0 Å². The summed E-state index contributed by atoms with van der Waals surface area (Å²) < 4.78 is 10.7. The van der Waals surface area contributed by atoms with Gasteiger partial charge < -0.3 is 19.5 Å². The standard InChI is InChI=1S/C21H23NO4/c23-18-3-1-2-16(11-18)10-17-8-9-22(13-17)21(24)7-5-15-4-6-19-20(12-15)26-14-25-19/h1-4,6,11-12,17,23H,5,7-10,13-14H2. The van der Waals surface area contributed by atoms with E-state index in [2.05, 4.69) is 0 Å². The number of aryl methyl sites for hydroxylation is 1. The molecule has 5 heteroatoms. The lowest BCUT2D eigenvalue weighted by molar-refractivity contribution is -0.130. The zero-order chi connectivity index (χ0) is 17.9. The normalized spacial score (nSPS) is 18.3. The SMILES string of the molecule is O=C(CCc1ccc2c(c1)OCO2)N1CCC(Cc2cccc(O)c2)C1. The molecule has 2 aromatic carbocycles. The second-order valence-electron chi connectivity index (χ2n) is 7.06. The van der Waals surface area contributed by atoms with E-state index >= 15 is 0 Å². The van der Waals surface area contributed by atoms with E-state index in [-0.39, 0.29) is 12.7 Å². The van der Waals surface area contributed by atoms with Gasteiger partial charge in [-0.2, -0.15) is 0 Å². The Kier molecular flexibility index (Phi) is 4.69. The first-order valence-electron chi connectivity index (χ1n) is 9.11. The molecule has 2 aromatic rings. The minimum absolute atomic E-state index is 0.209. The number of hydrogen-bond acceptors (Lipinski definition) is 4. The van der Waals surface area contributed by atoms with Gasteiger partial charge >= 0.3 is 0 Å². The van der Waals surface area contributed by atoms with E-state index in [1.165, 1.54) is 0 Å². The molecule has 1 N–H and O–H groups in total. The molecule has 0 aliphatic carbocycles. The first-order chi connectivity index (χ1) is 12.7. The molecule has 2 aliphatic heterocycles. The van der Waals surface area contributed by atoms with Gasteiger partial charge in [-0.3, -0.25) is 4.79 Å². The van der Waals surface area contributed by atoms with Gasteiger partial charge in [-0.1, -0.05) is 18.2 Å². The van der Waals surface area contributed by atoms with Crippen molar-refractivity contribution in [3.05, 3.63) is 53.6 Å². The van der Waals surface area contributed by atoms with E-state index < -0.39 is 0 Å². The Hall–Kier alpha value is -2.69. The Bertz CT molecular complexity index is 804. The highest BCUT2D eigenvalue weighted by Crippen LogP contribution is 2.33. The average molecular weight is 353 g/mol. The van der Waals surface area contributed by atoms with E-state index in [0.29, 0.717) is 24.5 Å². The molecule has 1 fully saturated rings. The Balaban J connectivity index is 1.28. The van der Waals surface area contributed by atoms with Crippen LogP contribution >= 0.6 is 0 Å². The average Bonchev–Trinajstić information content (AvgIpc) is 3.28. The molecule has 1 atom stereocenters. The fourth-order valence-electron chi connectivity index (χ4n) is 3.75. The largest absolute Gasteiger partial charge is 0.508 e. The van der Waals surface area contributed by atoms with Crippen molar-refractivity contribution in [1.29, 1.82) is 0 Å². The second-order valence-corrected chi connectivity index (χ2v) is 7.06. The van der Waals surface area contributed by atoms with Gasteiger partial charge in [0.15, 0.2) is 11.5 Å². The fourth-order valence-corrected chi connectivity index (χ4v) is 3.75. The van der Waals surface area contributed by atoms with Crippen molar-refractivity contribution >= 4 is 5.91 Å². The Morgan fingerprint density at radius 2 is 2.00 bits per heavy atom. The van der Waals surface area contributed by atoms with E-state index in [0.717, 1.165) is 48.6 Å². The summed E-state index contributed by atoms with van der Waals surface area (Å²) in [5.74, 6) is 2.52. The zero-order valence-corrected chi connectivity index (χ0v) is 14.7. The van der Waals surface area contributed by atoms with E-state index in [1.807, 2.05) is 41.3 Å². The lowest BCUT2D eigenvalue weighted by atomic mass is 9.98. The molecule has 0 aromatic heterocycles. The number of carbonyl (C=O) groups is 1. The van der Waals surface area contributed by atoms with Crippen LogP contribution in [-0.4, -0.2) is 35.8 Å². The number of phenols is 1. The van der Waals surface area contributed by atoms with Crippen molar-refractivity contribution in [2.45, 2.75) is 25.7 Å². The van der Waals surface area contributed by atoms with E-state index in [4.69, 9.17) is 9.47 Å². The monoisotopic (exact) mass is 353 g/mol. The second kappa shape index (κ2) is 7.28. The third-order valence-electron chi connectivity index (χ3n) is 5.14. The van der Waals surface area contributed by atoms with Crippen molar-refractivity contribution < 1.29 is 19.4 Å². The van der Waals surface area contributed by atoms with E-state index in [1.54, 1.807) is 6.07 Å². The molecular formula is C21H23NO4. The summed E-state index contributed by atoms with van der Waals surface area (Å²) in [5.41, 5.74) is 2.22. The van der Waals surface area contributed by atoms with Crippen LogP contribution in [0.25, 0.3) is 0 Å². The van der Waals surface area contributed by atoms with Crippen LogP contribution in [0.2, 0.25) is 0 Å². The van der Waals surface area contributed by atoms with Gasteiger partial charge in [0.2, 0.25) is 12.7 Å². The van der Waals surface area contributed by atoms with Crippen LogP contribution in [0, 0.1) is 5.92 Å². The minimum Gasteiger partial charge on any atom is -0.508 e. The first-order valence-corrected chi connectivity index (χ1v) is 9.11. The van der Waals surface area contributed by atoms with Crippen LogP contribution in [-0.2, 0) is 17.6 Å². The highest BCUT2D eigenvalue weighted by atomic mass is 16.7. The Morgan fingerprint density at radius 1 is 1.12 bits per heavy atom. The van der Waals surface area contributed by atoms with Crippen molar-refractivity contribution in [3.63, 3.8) is 0 Å². The molecule has 0 spiro atoms. The third-order valence-corrected chi connectivity index (χ3v) is 5.14. The molecule has 1 unspecified atom stereocenters. The lowest BCUT2D eigenvalue weighted by Crippen LogP contribution is -2.29. The molecule has 0 bridgehead atoms. The zero-order valence-electron chi connectivity index (χ0n) is 14.7. The summed E-state index contributed by atoms with van der Waals surface area (Å²) in [6.07, 6.45) is 3.15. The number of nitrogens with zero attached hydrogens (tertiary/aromatic N) is 1. The Labute approximate surface area is 153 Å². The number of phenolic OH excluding ortho intramolecular Hbond substituents is 1. The predicted octanol–water partition coefficient (Wildman–Crippen LogP) is 3.14. The molecule has 2 aliphatic rings. The molecule has 1 amide bonds. The number of aromatic hydroxyl groups is 1. The summed E-state index contributed by atoms with van der Waals surface area (Å²) in [5, 5.41) is 9.58. The molecule has 4 rings (SSSR count). The summed E-state index contributed by atoms with van der Waals surface area (Å²) in [7, 11) is 0. The summed E-state index contributed by atoms with van der Waals surface area (Å²) >= 11 is 0. The highest BCUT2D eigenvalue weighted by molar-refractivity contribution is 5.76. The summed E-state index contributed by atoms with van der Waals surface area (Å²) in [6, 6.07) is 13.3. The topological polar surface area (TPSA) is 59.0 Å². The smallest absolute Gasteiger partial charge is 0.231 e. The van der Waals surface area contributed by atoms with Gasteiger partial charge in [0.05, 0.1) is 0 Å². The lowest BCUT2D eigenvalue weighted by Gasteiger charge is -2.17. The number of rotatable bonds is 5. The quantitative estimate of drug-likeness (QED) is 0.897. The molecule has 5 nitrogen and oxygen atoms in total. The van der Waals surface area contributed by atoms with Crippen LogP contribution in [0.3, 0.4) is 0 Å². The van der Waals surface area contributed by atoms with Crippen LogP contribution in [0.1, 0.15) is 24.0 Å². The van der Waals surface area contributed by atoms with Crippen molar-refractivity contribution in [3.8, 4) is 17.2 Å². The van der Waals surface area contributed by atoms with Gasteiger partial charge in [-0.25, -0.2) is 0 Å². The van der Waals surface area contributed by atoms with Crippen LogP contribution in [0.15, 0.2) is 42.5 Å². The first kappa shape index (κ1) is 16.8. The maximum Gasteiger partial charge on any atom is 0.231 e. The number of hydrogen-bond donors (Lipinski definition) is 1. The number of carbonyl (C=O) groups excluding carboxylic acids is 1. The maximum atomic E-state index is 12.5. The van der Waals surface area contributed by atoms with Gasteiger partial charge in [-0.05, 0) is 60.6 Å².